The lowest BCUT2D eigenvalue weighted by Gasteiger charge is -1.96. The van der Waals surface area contributed by atoms with E-state index >= 15 is 0 Å². The monoisotopic (exact) mass is 168 g/mol. The molecular weight excluding hydrogens is 152 g/mol. The first kappa shape index (κ1) is 10.8. The van der Waals surface area contributed by atoms with Gasteiger partial charge in [-0.2, -0.15) is 0 Å². The van der Waals surface area contributed by atoms with Crippen molar-refractivity contribution in [3.8, 4) is 0 Å². The maximum Gasteiger partial charge on any atom is 0.114 e. The molecule has 2 N–H and O–H groups in total. The van der Waals surface area contributed by atoms with Crippen molar-refractivity contribution < 1.29 is 10.2 Å². The highest BCUT2D eigenvalue weighted by molar-refractivity contribution is 5.24. The lowest BCUT2D eigenvalue weighted by atomic mass is 10.2. The molecule has 0 radical (unpaired) electrons. The van der Waals surface area contributed by atoms with E-state index in [0.717, 1.165) is 11.1 Å². The SMILES string of the molecule is CC(C)=C(O)C=CC(O)=C(C)C. The predicted molar refractivity (Wildman–Crippen MR) is 51.1 cm³/mol. The van der Waals surface area contributed by atoms with Crippen LogP contribution in [0, 0.1) is 0 Å². The third kappa shape index (κ3) is 3.86. The van der Waals surface area contributed by atoms with Gasteiger partial charge in [-0.05, 0) is 51.0 Å². The lowest BCUT2D eigenvalue weighted by molar-refractivity contribution is 0.415. The zero-order valence-electron chi connectivity index (χ0n) is 8.05. The molecule has 0 aliphatic carbocycles. The normalized spacial score (nSPS) is 10.0. The third-order valence-electron chi connectivity index (χ3n) is 1.42. The van der Waals surface area contributed by atoms with Crippen molar-refractivity contribution in [2.24, 2.45) is 0 Å². The van der Waals surface area contributed by atoms with Crippen LogP contribution in [-0.2, 0) is 0 Å². The second-order valence-electron chi connectivity index (χ2n) is 3.10. The highest BCUT2D eigenvalue weighted by Gasteiger charge is 1.91. The molecule has 0 bridgehead atoms. The van der Waals surface area contributed by atoms with Crippen LogP contribution in [0.1, 0.15) is 27.7 Å². The van der Waals surface area contributed by atoms with Crippen LogP contribution >= 0.6 is 0 Å². The Balaban J connectivity index is 4.48. The van der Waals surface area contributed by atoms with E-state index in [2.05, 4.69) is 0 Å². The standard InChI is InChI=1S/C10H16O2/c1-7(2)9(11)5-6-10(12)8(3)4/h5-6,11-12H,1-4H3. The first-order valence-electron chi connectivity index (χ1n) is 3.86. The van der Waals surface area contributed by atoms with Crippen molar-refractivity contribution >= 4 is 0 Å². The quantitative estimate of drug-likeness (QED) is 0.491. The Bertz CT molecular complexity index is 211. The first-order valence-corrected chi connectivity index (χ1v) is 3.86. The number of hydrogen-bond acceptors (Lipinski definition) is 2. The van der Waals surface area contributed by atoms with E-state index in [1.807, 2.05) is 0 Å². The fraction of sp³-hybridized carbons (Fsp3) is 0.400. The summed E-state index contributed by atoms with van der Waals surface area (Å²) in [5.41, 5.74) is 1.65. The Morgan fingerprint density at radius 2 is 1.00 bits per heavy atom. The minimum atomic E-state index is 0.197. The van der Waals surface area contributed by atoms with Crippen LogP contribution in [0.2, 0.25) is 0 Å². The third-order valence-corrected chi connectivity index (χ3v) is 1.42. The molecule has 2 nitrogen and oxygen atoms in total. The Morgan fingerprint density at radius 3 is 1.17 bits per heavy atom. The van der Waals surface area contributed by atoms with Crippen LogP contribution < -0.4 is 0 Å². The molecule has 0 aromatic heterocycles. The molecule has 2 heteroatoms. The van der Waals surface area contributed by atoms with Gasteiger partial charge in [-0.1, -0.05) is 0 Å². The zero-order chi connectivity index (χ0) is 9.72. The van der Waals surface area contributed by atoms with E-state index in [0.29, 0.717) is 0 Å². The molecule has 0 spiro atoms. The fourth-order valence-electron chi connectivity index (χ4n) is 0.491. The van der Waals surface area contributed by atoms with Crippen molar-refractivity contribution in [3.05, 3.63) is 34.8 Å². The predicted octanol–water partition coefficient (Wildman–Crippen LogP) is 3.25. The number of allylic oxidation sites excluding steroid dienone is 4. The summed E-state index contributed by atoms with van der Waals surface area (Å²) in [4.78, 5) is 0. The maximum atomic E-state index is 9.22. The summed E-state index contributed by atoms with van der Waals surface area (Å²) >= 11 is 0. The Labute approximate surface area is 73.5 Å². The summed E-state index contributed by atoms with van der Waals surface area (Å²) in [6.45, 7) is 7.22. The Hall–Kier alpha value is -1.18. The van der Waals surface area contributed by atoms with Gasteiger partial charge in [0, 0.05) is 0 Å². The molecule has 0 rings (SSSR count). The van der Waals surface area contributed by atoms with Crippen LogP contribution in [0.5, 0.6) is 0 Å². The summed E-state index contributed by atoms with van der Waals surface area (Å²) in [7, 11) is 0. The molecule has 0 saturated heterocycles. The summed E-state index contributed by atoms with van der Waals surface area (Å²) in [5, 5.41) is 18.4. The summed E-state index contributed by atoms with van der Waals surface area (Å²) in [6, 6.07) is 0. The number of aliphatic hydroxyl groups is 2. The van der Waals surface area contributed by atoms with Crippen molar-refractivity contribution in [1.29, 1.82) is 0 Å². The molecule has 0 aliphatic heterocycles. The van der Waals surface area contributed by atoms with Gasteiger partial charge in [-0.3, -0.25) is 0 Å². The number of aliphatic hydroxyl groups excluding tert-OH is 2. The highest BCUT2D eigenvalue weighted by Crippen LogP contribution is 2.05. The van der Waals surface area contributed by atoms with E-state index in [4.69, 9.17) is 0 Å². The van der Waals surface area contributed by atoms with Gasteiger partial charge in [0.1, 0.15) is 11.5 Å². The van der Waals surface area contributed by atoms with E-state index in [-0.39, 0.29) is 11.5 Å². The largest absolute Gasteiger partial charge is 0.508 e. The van der Waals surface area contributed by atoms with Crippen LogP contribution in [0.4, 0.5) is 0 Å². The van der Waals surface area contributed by atoms with Crippen molar-refractivity contribution in [2.45, 2.75) is 27.7 Å². The first-order chi connectivity index (χ1) is 5.45. The topological polar surface area (TPSA) is 40.5 Å². The molecule has 0 aliphatic rings. The minimum absolute atomic E-state index is 0.197. The van der Waals surface area contributed by atoms with Crippen LogP contribution in [0.15, 0.2) is 34.8 Å². The van der Waals surface area contributed by atoms with Crippen molar-refractivity contribution in [1.82, 2.24) is 0 Å². The van der Waals surface area contributed by atoms with Crippen molar-refractivity contribution in [3.63, 3.8) is 0 Å². The van der Waals surface area contributed by atoms with Gasteiger partial charge >= 0.3 is 0 Å². The van der Waals surface area contributed by atoms with Crippen LogP contribution in [0.25, 0.3) is 0 Å². The average molecular weight is 168 g/mol. The average Bonchev–Trinajstić information content (AvgIpc) is 1.98. The van der Waals surface area contributed by atoms with E-state index in [1.54, 1.807) is 27.7 Å². The minimum Gasteiger partial charge on any atom is -0.508 e. The molecule has 68 valence electrons. The maximum absolute atomic E-state index is 9.22. The molecule has 0 atom stereocenters. The van der Waals surface area contributed by atoms with Gasteiger partial charge in [-0.25, -0.2) is 0 Å². The van der Waals surface area contributed by atoms with Gasteiger partial charge in [0.2, 0.25) is 0 Å². The molecule has 0 fully saturated rings. The van der Waals surface area contributed by atoms with E-state index < -0.39 is 0 Å². The molecule has 0 aromatic carbocycles. The number of hydrogen-bond donors (Lipinski definition) is 2. The molecule has 0 unspecified atom stereocenters. The number of rotatable bonds is 2. The zero-order valence-corrected chi connectivity index (χ0v) is 8.05. The Morgan fingerprint density at radius 1 is 0.750 bits per heavy atom. The second-order valence-corrected chi connectivity index (χ2v) is 3.10. The van der Waals surface area contributed by atoms with Crippen LogP contribution in [0.3, 0.4) is 0 Å². The summed E-state index contributed by atoms with van der Waals surface area (Å²) < 4.78 is 0. The van der Waals surface area contributed by atoms with E-state index in [9.17, 15) is 10.2 Å². The van der Waals surface area contributed by atoms with Crippen LogP contribution in [-0.4, -0.2) is 10.2 Å². The molecular formula is C10H16O2. The van der Waals surface area contributed by atoms with Gasteiger partial charge in [0.05, 0.1) is 0 Å². The smallest absolute Gasteiger partial charge is 0.114 e. The molecule has 12 heavy (non-hydrogen) atoms. The van der Waals surface area contributed by atoms with Gasteiger partial charge < -0.3 is 10.2 Å². The molecule has 0 aromatic rings. The van der Waals surface area contributed by atoms with Gasteiger partial charge in [0.25, 0.3) is 0 Å². The lowest BCUT2D eigenvalue weighted by Crippen LogP contribution is -1.82. The molecule has 0 amide bonds. The highest BCUT2D eigenvalue weighted by atomic mass is 16.3. The van der Waals surface area contributed by atoms with E-state index in [1.165, 1.54) is 12.2 Å². The summed E-state index contributed by atoms with van der Waals surface area (Å²) in [6.07, 6.45) is 2.97. The van der Waals surface area contributed by atoms with Gasteiger partial charge in [-0.15, -0.1) is 0 Å². The van der Waals surface area contributed by atoms with Crippen molar-refractivity contribution in [2.75, 3.05) is 0 Å². The second kappa shape index (κ2) is 4.65. The summed E-state index contributed by atoms with van der Waals surface area (Å²) in [5.74, 6) is 0.394. The van der Waals surface area contributed by atoms with Gasteiger partial charge in [0.15, 0.2) is 0 Å². The molecule has 0 saturated carbocycles. The Kier molecular flexibility index (Phi) is 4.19. The fourth-order valence-corrected chi connectivity index (χ4v) is 0.491. The molecule has 0 heterocycles.